The largest absolute Gasteiger partial charge is 0.389 e. The minimum absolute atomic E-state index is 0.0851. The fourth-order valence-electron chi connectivity index (χ4n) is 1.81. The molecule has 0 saturated carbocycles. The van der Waals surface area contributed by atoms with Gasteiger partial charge in [0.05, 0.1) is 24.3 Å². The van der Waals surface area contributed by atoms with Crippen LogP contribution in [0.15, 0.2) is 18.2 Å². The van der Waals surface area contributed by atoms with E-state index in [9.17, 15) is 14.3 Å². The highest BCUT2D eigenvalue weighted by atomic mass is 35.5. The average Bonchev–Trinajstić information content (AvgIpc) is 2.32. The van der Waals surface area contributed by atoms with Crippen LogP contribution in [0.2, 0.25) is 5.02 Å². The number of carbonyl (C=O) groups excluding carboxylic acids is 1. The summed E-state index contributed by atoms with van der Waals surface area (Å²) in [5.41, 5.74) is -0.0851. The summed E-state index contributed by atoms with van der Waals surface area (Å²) in [5, 5.41) is 12.4. The molecule has 2 atom stereocenters. The van der Waals surface area contributed by atoms with Crippen molar-refractivity contribution in [2.75, 3.05) is 13.2 Å². The molecule has 0 aliphatic carbocycles. The Hall–Kier alpha value is -1.17. The van der Waals surface area contributed by atoms with Gasteiger partial charge in [-0.05, 0) is 24.6 Å². The van der Waals surface area contributed by atoms with Gasteiger partial charge in [-0.3, -0.25) is 4.79 Å². The Morgan fingerprint density at radius 2 is 2.33 bits per heavy atom. The lowest BCUT2D eigenvalue weighted by Gasteiger charge is -2.28. The van der Waals surface area contributed by atoms with E-state index in [0.717, 1.165) is 6.07 Å². The van der Waals surface area contributed by atoms with Crippen molar-refractivity contribution < 1.29 is 19.0 Å². The first-order valence-corrected chi connectivity index (χ1v) is 5.97. The summed E-state index contributed by atoms with van der Waals surface area (Å²) in [4.78, 5) is 11.8. The normalized spacial score (nSPS) is 23.7. The maximum absolute atomic E-state index is 13.5. The number of hydrogen-bond donors (Lipinski definition) is 2. The fraction of sp³-hybridized carbons (Fsp3) is 0.417. The molecule has 1 aliphatic rings. The lowest BCUT2D eigenvalue weighted by Crippen LogP contribution is -2.48. The highest BCUT2D eigenvalue weighted by molar-refractivity contribution is 6.30. The highest BCUT2D eigenvalue weighted by Gasteiger charge is 2.26. The van der Waals surface area contributed by atoms with E-state index in [2.05, 4.69) is 5.32 Å². The molecular formula is C12H13ClFNO3. The number of nitrogens with one attached hydrogen (secondary N) is 1. The number of aliphatic hydroxyl groups is 1. The van der Waals surface area contributed by atoms with E-state index in [-0.39, 0.29) is 17.2 Å². The van der Waals surface area contributed by atoms with E-state index >= 15 is 0 Å². The summed E-state index contributed by atoms with van der Waals surface area (Å²) < 4.78 is 18.6. The smallest absolute Gasteiger partial charge is 0.254 e. The average molecular weight is 274 g/mol. The molecule has 1 aromatic rings. The zero-order chi connectivity index (χ0) is 13.1. The molecular weight excluding hydrogens is 261 g/mol. The maximum Gasteiger partial charge on any atom is 0.254 e. The quantitative estimate of drug-likeness (QED) is 0.855. The van der Waals surface area contributed by atoms with E-state index in [4.69, 9.17) is 16.3 Å². The lowest BCUT2D eigenvalue weighted by molar-refractivity contribution is -0.0261. The monoisotopic (exact) mass is 273 g/mol. The second-order valence-electron chi connectivity index (χ2n) is 4.14. The molecule has 0 radical (unpaired) electrons. The van der Waals surface area contributed by atoms with Crippen LogP contribution in [0.25, 0.3) is 0 Å². The molecule has 98 valence electrons. The maximum atomic E-state index is 13.5. The Morgan fingerprint density at radius 3 is 3.00 bits per heavy atom. The van der Waals surface area contributed by atoms with Crippen LogP contribution < -0.4 is 5.32 Å². The van der Waals surface area contributed by atoms with Crippen molar-refractivity contribution in [1.29, 1.82) is 0 Å². The molecule has 18 heavy (non-hydrogen) atoms. The van der Waals surface area contributed by atoms with Gasteiger partial charge in [0.25, 0.3) is 5.91 Å². The van der Waals surface area contributed by atoms with E-state index < -0.39 is 23.9 Å². The summed E-state index contributed by atoms with van der Waals surface area (Å²) in [6.07, 6.45) is -0.264. The summed E-state index contributed by atoms with van der Waals surface area (Å²) in [5.74, 6) is -1.24. The predicted molar refractivity (Wildman–Crippen MR) is 64.1 cm³/mol. The van der Waals surface area contributed by atoms with Gasteiger partial charge in [0.15, 0.2) is 0 Å². The highest BCUT2D eigenvalue weighted by Crippen LogP contribution is 2.15. The molecule has 2 rings (SSSR count). The number of benzene rings is 1. The Balaban J connectivity index is 2.07. The van der Waals surface area contributed by atoms with E-state index in [1.54, 1.807) is 0 Å². The van der Waals surface area contributed by atoms with Gasteiger partial charge < -0.3 is 15.2 Å². The van der Waals surface area contributed by atoms with Gasteiger partial charge in [-0.2, -0.15) is 0 Å². The molecule has 0 aromatic heterocycles. The van der Waals surface area contributed by atoms with Crippen LogP contribution in [0, 0.1) is 5.82 Å². The van der Waals surface area contributed by atoms with Crippen molar-refractivity contribution >= 4 is 17.5 Å². The van der Waals surface area contributed by atoms with Crippen molar-refractivity contribution in [2.45, 2.75) is 18.6 Å². The first kappa shape index (κ1) is 13.3. The zero-order valence-corrected chi connectivity index (χ0v) is 10.3. The van der Waals surface area contributed by atoms with E-state index in [1.165, 1.54) is 12.1 Å². The van der Waals surface area contributed by atoms with Crippen molar-refractivity contribution in [3.8, 4) is 0 Å². The van der Waals surface area contributed by atoms with Crippen LogP contribution >= 0.6 is 11.6 Å². The van der Waals surface area contributed by atoms with Gasteiger partial charge in [-0.25, -0.2) is 4.39 Å². The topological polar surface area (TPSA) is 58.6 Å². The third-order valence-corrected chi connectivity index (χ3v) is 3.05. The number of halogens is 2. The van der Waals surface area contributed by atoms with Crippen molar-refractivity contribution in [3.05, 3.63) is 34.6 Å². The Kier molecular flexibility index (Phi) is 4.16. The number of rotatable bonds is 2. The summed E-state index contributed by atoms with van der Waals surface area (Å²) in [6.45, 7) is 0.638. The standard InChI is InChI=1S/C12H13ClFNO3/c13-7-1-2-8(9(14)5-7)12(17)15-10-3-4-18-6-11(10)16/h1-2,5,10-11,16H,3-4,6H2,(H,15,17)/t10-,11-/m1/s1. The molecule has 6 heteroatoms. The van der Waals surface area contributed by atoms with Crippen LogP contribution in [-0.4, -0.2) is 36.4 Å². The molecule has 0 unspecified atom stereocenters. The van der Waals surface area contributed by atoms with Crippen LogP contribution in [0.5, 0.6) is 0 Å². The van der Waals surface area contributed by atoms with Crippen molar-refractivity contribution in [1.82, 2.24) is 5.32 Å². The Labute approximate surface area is 109 Å². The van der Waals surface area contributed by atoms with Gasteiger partial charge in [0, 0.05) is 11.6 Å². The molecule has 1 aliphatic heterocycles. The predicted octanol–water partition coefficient (Wildman–Crippen LogP) is 1.36. The molecule has 0 bridgehead atoms. The van der Waals surface area contributed by atoms with Gasteiger partial charge in [-0.1, -0.05) is 11.6 Å². The van der Waals surface area contributed by atoms with Crippen LogP contribution in [-0.2, 0) is 4.74 Å². The molecule has 1 amide bonds. The Morgan fingerprint density at radius 1 is 1.56 bits per heavy atom. The number of aliphatic hydroxyl groups excluding tert-OH is 1. The van der Waals surface area contributed by atoms with Gasteiger partial charge in [-0.15, -0.1) is 0 Å². The van der Waals surface area contributed by atoms with Crippen molar-refractivity contribution in [2.24, 2.45) is 0 Å². The summed E-state index contributed by atoms with van der Waals surface area (Å²) in [7, 11) is 0. The number of carbonyl (C=O) groups is 1. The third kappa shape index (κ3) is 2.98. The first-order valence-electron chi connectivity index (χ1n) is 5.59. The van der Waals surface area contributed by atoms with Gasteiger partial charge >= 0.3 is 0 Å². The fourth-order valence-corrected chi connectivity index (χ4v) is 1.97. The zero-order valence-electron chi connectivity index (χ0n) is 9.53. The Bertz CT molecular complexity index is 455. The first-order chi connectivity index (χ1) is 8.58. The minimum atomic E-state index is -0.766. The molecule has 4 nitrogen and oxygen atoms in total. The molecule has 1 fully saturated rings. The summed E-state index contributed by atoms with van der Waals surface area (Å²) in [6, 6.07) is 3.43. The molecule has 1 saturated heterocycles. The molecule has 1 aromatic carbocycles. The molecule has 0 spiro atoms. The van der Waals surface area contributed by atoms with Crippen LogP contribution in [0.3, 0.4) is 0 Å². The van der Waals surface area contributed by atoms with Gasteiger partial charge in [0.2, 0.25) is 0 Å². The molecule has 2 N–H and O–H groups in total. The number of amides is 1. The second-order valence-corrected chi connectivity index (χ2v) is 4.57. The van der Waals surface area contributed by atoms with E-state index in [1.807, 2.05) is 0 Å². The summed E-state index contributed by atoms with van der Waals surface area (Å²) >= 11 is 5.61. The number of ether oxygens (including phenoxy) is 1. The van der Waals surface area contributed by atoms with Crippen LogP contribution in [0.4, 0.5) is 4.39 Å². The van der Waals surface area contributed by atoms with Gasteiger partial charge in [0.1, 0.15) is 5.82 Å². The third-order valence-electron chi connectivity index (χ3n) is 2.82. The van der Waals surface area contributed by atoms with Crippen molar-refractivity contribution in [3.63, 3.8) is 0 Å². The van der Waals surface area contributed by atoms with E-state index in [0.29, 0.717) is 13.0 Å². The van der Waals surface area contributed by atoms with Crippen LogP contribution in [0.1, 0.15) is 16.8 Å². The SMILES string of the molecule is O=C(N[C@@H]1CCOC[C@H]1O)c1ccc(Cl)cc1F. The second kappa shape index (κ2) is 5.65. The minimum Gasteiger partial charge on any atom is -0.389 e. The number of hydrogen-bond acceptors (Lipinski definition) is 3. The molecule has 1 heterocycles. The lowest BCUT2D eigenvalue weighted by atomic mass is 10.1.